The maximum absolute atomic E-state index is 11.0. The Hall–Kier alpha value is -0.170. The predicted molar refractivity (Wildman–Crippen MR) is 52.0 cm³/mol. The average molecular weight is 210 g/mol. The van der Waals surface area contributed by atoms with Gasteiger partial charge in [-0.1, -0.05) is 0 Å². The van der Waals surface area contributed by atoms with E-state index in [1.54, 1.807) is 6.92 Å². The molecule has 0 atom stereocenters. The van der Waals surface area contributed by atoms with Crippen molar-refractivity contribution in [2.45, 2.75) is 6.92 Å². The van der Waals surface area contributed by atoms with E-state index < -0.39 is 10.0 Å². The quantitative estimate of drug-likeness (QED) is 0.557. The summed E-state index contributed by atoms with van der Waals surface area (Å²) in [4.78, 5) is 1.86. The summed E-state index contributed by atoms with van der Waals surface area (Å²) in [7, 11) is -1.24. The molecule has 0 aliphatic heterocycles. The molecule has 0 aromatic heterocycles. The van der Waals surface area contributed by atoms with Gasteiger partial charge in [-0.3, -0.25) is 0 Å². The summed E-state index contributed by atoms with van der Waals surface area (Å²) in [5.74, 6) is 0.108. The molecule has 0 spiro atoms. The highest BCUT2D eigenvalue weighted by Crippen LogP contribution is 1.83. The van der Waals surface area contributed by atoms with E-state index in [2.05, 4.69) is 4.72 Å². The highest BCUT2D eigenvalue weighted by atomic mass is 32.2. The number of hydrogen-bond acceptors (Lipinski definition) is 4. The van der Waals surface area contributed by atoms with Crippen LogP contribution in [0.5, 0.6) is 0 Å². The van der Waals surface area contributed by atoms with Gasteiger partial charge in [-0.25, -0.2) is 13.1 Å². The van der Waals surface area contributed by atoms with Crippen molar-refractivity contribution in [3.63, 3.8) is 0 Å². The van der Waals surface area contributed by atoms with Gasteiger partial charge in [0, 0.05) is 19.6 Å². The summed E-state index contributed by atoms with van der Waals surface area (Å²) in [6, 6.07) is 0. The molecule has 0 radical (unpaired) electrons. The van der Waals surface area contributed by atoms with Crippen LogP contribution < -0.4 is 4.72 Å². The second kappa shape index (κ2) is 6.31. The third kappa shape index (κ3) is 6.94. The molecule has 0 aliphatic carbocycles. The van der Waals surface area contributed by atoms with Gasteiger partial charge >= 0.3 is 0 Å². The van der Waals surface area contributed by atoms with Gasteiger partial charge in [0.25, 0.3) is 0 Å². The Morgan fingerprint density at radius 1 is 1.38 bits per heavy atom. The Balaban J connectivity index is 3.56. The van der Waals surface area contributed by atoms with E-state index in [0.717, 1.165) is 0 Å². The minimum Gasteiger partial charge on any atom is -0.395 e. The fourth-order valence-corrected chi connectivity index (χ4v) is 1.38. The van der Waals surface area contributed by atoms with Crippen LogP contribution in [-0.2, 0) is 10.0 Å². The molecule has 0 rings (SSSR count). The Bertz CT molecular complexity index is 216. The van der Waals surface area contributed by atoms with Crippen LogP contribution in [0.15, 0.2) is 0 Å². The molecular formula is C7H18N2O3S. The maximum Gasteiger partial charge on any atom is 0.211 e. The topological polar surface area (TPSA) is 69.6 Å². The number of aliphatic hydroxyl groups is 1. The van der Waals surface area contributed by atoms with Gasteiger partial charge in [0.05, 0.1) is 12.4 Å². The van der Waals surface area contributed by atoms with Crippen molar-refractivity contribution in [1.82, 2.24) is 9.62 Å². The lowest BCUT2D eigenvalue weighted by molar-refractivity contribution is 0.223. The first-order valence-electron chi connectivity index (χ1n) is 4.28. The molecule has 0 heterocycles. The minimum absolute atomic E-state index is 0.0943. The van der Waals surface area contributed by atoms with Crippen molar-refractivity contribution in [1.29, 1.82) is 0 Å². The van der Waals surface area contributed by atoms with Gasteiger partial charge in [-0.05, 0) is 14.0 Å². The second-order valence-electron chi connectivity index (χ2n) is 2.82. The van der Waals surface area contributed by atoms with E-state index in [9.17, 15) is 8.42 Å². The van der Waals surface area contributed by atoms with Gasteiger partial charge in [0.2, 0.25) is 10.0 Å². The van der Waals surface area contributed by atoms with Crippen LogP contribution in [0, 0.1) is 0 Å². The van der Waals surface area contributed by atoms with Crippen LogP contribution in [-0.4, -0.2) is 57.5 Å². The molecule has 0 saturated carbocycles. The van der Waals surface area contributed by atoms with Crippen molar-refractivity contribution < 1.29 is 13.5 Å². The van der Waals surface area contributed by atoms with Gasteiger partial charge in [0.1, 0.15) is 0 Å². The highest BCUT2D eigenvalue weighted by molar-refractivity contribution is 7.89. The van der Waals surface area contributed by atoms with E-state index in [0.29, 0.717) is 19.6 Å². The zero-order valence-electron chi connectivity index (χ0n) is 8.15. The third-order valence-electron chi connectivity index (χ3n) is 1.68. The van der Waals surface area contributed by atoms with Gasteiger partial charge in [-0.15, -0.1) is 0 Å². The third-order valence-corrected chi connectivity index (χ3v) is 3.08. The Morgan fingerprint density at radius 2 is 2.00 bits per heavy atom. The van der Waals surface area contributed by atoms with Crippen molar-refractivity contribution in [2.75, 3.05) is 39.0 Å². The molecule has 0 unspecified atom stereocenters. The molecule has 13 heavy (non-hydrogen) atoms. The van der Waals surface area contributed by atoms with Crippen molar-refractivity contribution >= 4 is 10.0 Å². The standard InChI is InChI=1S/C7H18N2O3S/c1-3-13(11,12)8-4-5-9(2)6-7-10/h8,10H,3-7H2,1-2H3. The fourth-order valence-electron chi connectivity index (χ4n) is 0.777. The highest BCUT2D eigenvalue weighted by Gasteiger charge is 2.05. The molecule has 6 heteroatoms. The Labute approximate surface area is 79.8 Å². The monoisotopic (exact) mass is 210 g/mol. The summed E-state index contributed by atoms with van der Waals surface area (Å²) in [5, 5.41) is 8.56. The number of hydrogen-bond donors (Lipinski definition) is 2. The number of nitrogens with one attached hydrogen (secondary N) is 1. The van der Waals surface area contributed by atoms with Crippen LogP contribution in [0.25, 0.3) is 0 Å². The molecule has 0 bridgehead atoms. The Morgan fingerprint density at radius 3 is 2.46 bits per heavy atom. The van der Waals surface area contributed by atoms with E-state index in [1.165, 1.54) is 0 Å². The molecule has 0 amide bonds. The summed E-state index contributed by atoms with van der Waals surface area (Å²) in [6.07, 6.45) is 0. The SMILES string of the molecule is CCS(=O)(=O)NCCN(C)CCO. The summed E-state index contributed by atoms with van der Waals surface area (Å²) < 4.78 is 24.4. The minimum atomic E-state index is -3.07. The van der Waals surface area contributed by atoms with Crippen LogP contribution in [0.4, 0.5) is 0 Å². The zero-order chi connectivity index (χ0) is 10.3. The maximum atomic E-state index is 11.0. The molecule has 0 aromatic rings. The van der Waals surface area contributed by atoms with Crippen LogP contribution in [0.3, 0.4) is 0 Å². The molecular weight excluding hydrogens is 192 g/mol. The number of likely N-dealkylation sites (N-methyl/N-ethyl adjacent to an activating group) is 1. The van der Waals surface area contributed by atoms with Gasteiger partial charge in [-0.2, -0.15) is 0 Å². The molecule has 0 aromatic carbocycles. The lowest BCUT2D eigenvalue weighted by Gasteiger charge is -2.14. The molecule has 80 valence electrons. The van der Waals surface area contributed by atoms with Crippen molar-refractivity contribution in [2.24, 2.45) is 0 Å². The van der Waals surface area contributed by atoms with Gasteiger partial charge < -0.3 is 10.0 Å². The first-order valence-corrected chi connectivity index (χ1v) is 5.93. The van der Waals surface area contributed by atoms with E-state index in [4.69, 9.17) is 5.11 Å². The van der Waals surface area contributed by atoms with Crippen molar-refractivity contribution in [3.8, 4) is 0 Å². The number of rotatable bonds is 7. The second-order valence-corrected chi connectivity index (χ2v) is 4.92. The normalized spacial score (nSPS) is 12.3. The zero-order valence-corrected chi connectivity index (χ0v) is 8.97. The van der Waals surface area contributed by atoms with Crippen LogP contribution in [0.1, 0.15) is 6.92 Å². The number of nitrogens with zero attached hydrogens (tertiary/aromatic N) is 1. The first kappa shape index (κ1) is 12.8. The summed E-state index contributed by atoms with van der Waals surface area (Å²) in [6.45, 7) is 3.26. The summed E-state index contributed by atoms with van der Waals surface area (Å²) in [5.41, 5.74) is 0. The largest absolute Gasteiger partial charge is 0.395 e. The molecule has 0 aliphatic rings. The van der Waals surface area contributed by atoms with Gasteiger partial charge in [0.15, 0.2) is 0 Å². The molecule has 2 N–H and O–H groups in total. The first-order chi connectivity index (χ1) is 6.02. The summed E-state index contributed by atoms with van der Waals surface area (Å²) >= 11 is 0. The number of sulfonamides is 1. The van der Waals surface area contributed by atoms with E-state index in [1.807, 2.05) is 11.9 Å². The number of aliphatic hydroxyl groups excluding tert-OH is 1. The average Bonchev–Trinajstić information content (AvgIpc) is 2.05. The smallest absolute Gasteiger partial charge is 0.211 e. The lowest BCUT2D eigenvalue weighted by Crippen LogP contribution is -2.34. The van der Waals surface area contributed by atoms with Crippen LogP contribution in [0.2, 0.25) is 0 Å². The van der Waals surface area contributed by atoms with Crippen LogP contribution >= 0.6 is 0 Å². The van der Waals surface area contributed by atoms with E-state index >= 15 is 0 Å². The lowest BCUT2D eigenvalue weighted by atomic mass is 10.5. The molecule has 0 saturated heterocycles. The Kier molecular flexibility index (Phi) is 6.23. The molecule has 5 nitrogen and oxygen atoms in total. The molecule has 0 fully saturated rings. The van der Waals surface area contributed by atoms with Crippen molar-refractivity contribution in [3.05, 3.63) is 0 Å². The predicted octanol–water partition coefficient (Wildman–Crippen LogP) is -1.15. The van der Waals surface area contributed by atoms with E-state index in [-0.39, 0.29) is 12.4 Å². The fraction of sp³-hybridized carbons (Fsp3) is 1.00.